The molecule has 0 aliphatic carbocycles. The van der Waals surface area contributed by atoms with Crippen molar-refractivity contribution >= 4 is 33.6 Å². The van der Waals surface area contributed by atoms with Crippen LogP contribution in [-0.2, 0) is 19.1 Å². The van der Waals surface area contributed by atoms with Gasteiger partial charge in [-0.15, -0.1) is 0 Å². The van der Waals surface area contributed by atoms with Gasteiger partial charge in [0.15, 0.2) is 0 Å². The van der Waals surface area contributed by atoms with Crippen LogP contribution in [0.15, 0.2) is 65.8 Å². The molecular formula is C27H32N6O7S. The standard InChI is InChI=1S/C27H32N6O7S/c1-38-20-5-7-21(8-6-20)41(36,37)40-26(35)22(28)17-31-25(34)18-4-9-23(24(16-18)39-2)33-14-10-19(11-15-33)32-27-29-12-3-13-30-27/h3-9,12-13,16,19,22H,10-11,14-15,17,28H2,1-2H3,(H,31,34)(H,29,30,32)/t22-/m0/s1. The van der Waals surface area contributed by atoms with E-state index in [1.54, 1.807) is 36.7 Å². The summed E-state index contributed by atoms with van der Waals surface area (Å²) < 4.78 is 40.0. The third-order valence-corrected chi connectivity index (χ3v) is 7.73. The lowest BCUT2D eigenvalue weighted by Crippen LogP contribution is -2.44. The molecule has 2 aromatic carbocycles. The molecule has 3 aromatic rings. The van der Waals surface area contributed by atoms with Gasteiger partial charge in [-0.05, 0) is 61.4 Å². The van der Waals surface area contributed by atoms with Gasteiger partial charge in [0.25, 0.3) is 5.91 Å². The molecule has 4 rings (SSSR count). The number of piperidine rings is 1. The summed E-state index contributed by atoms with van der Waals surface area (Å²) >= 11 is 0. The fraction of sp³-hybridized carbons (Fsp3) is 0.333. The van der Waals surface area contributed by atoms with Gasteiger partial charge in [0, 0.05) is 43.6 Å². The van der Waals surface area contributed by atoms with E-state index in [1.807, 2.05) is 0 Å². The van der Waals surface area contributed by atoms with Gasteiger partial charge in [0.1, 0.15) is 22.4 Å². The van der Waals surface area contributed by atoms with Gasteiger partial charge in [-0.25, -0.2) is 14.8 Å². The molecule has 0 spiro atoms. The first-order valence-electron chi connectivity index (χ1n) is 12.8. The molecule has 0 unspecified atom stereocenters. The lowest BCUT2D eigenvalue weighted by Gasteiger charge is -2.34. The molecule has 0 bridgehead atoms. The van der Waals surface area contributed by atoms with Crippen molar-refractivity contribution in [3.8, 4) is 11.5 Å². The van der Waals surface area contributed by atoms with Crippen molar-refractivity contribution in [3.63, 3.8) is 0 Å². The monoisotopic (exact) mass is 584 g/mol. The predicted octanol–water partition coefficient (Wildman–Crippen LogP) is 1.56. The number of hydrogen-bond acceptors (Lipinski definition) is 12. The summed E-state index contributed by atoms with van der Waals surface area (Å²) in [6, 6.07) is 11.0. The Morgan fingerprint density at radius 3 is 2.37 bits per heavy atom. The molecule has 0 radical (unpaired) electrons. The zero-order valence-corrected chi connectivity index (χ0v) is 23.5. The van der Waals surface area contributed by atoms with Gasteiger partial charge < -0.3 is 34.9 Å². The maximum absolute atomic E-state index is 12.8. The highest BCUT2D eigenvalue weighted by molar-refractivity contribution is 7.87. The second kappa shape index (κ2) is 13.3. The summed E-state index contributed by atoms with van der Waals surface area (Å²) in [7, 11) is -1.43. The van der Waals surface area contributed by atoms with Gasteiger partial charge in [0.05, 0.1) is 19.9 Å². The van der Waals surface area contributed by atoms with Crippen molar-refractivity contribution in [2.24, 2.45) is 5.73 Å². The van der Waals surface area contributed by atoms with Gasteiger partial charge in [-0.1, -0.05) is 0 Å². The van der Waals surface area contributed by atoms with Crippen molar-refractivity contribution < 1.29 is 31.7 Å². The van der Waals surface area contributed by atoms with Crippen LogP contribution in [0.3, 0.4) is 0 Å². The van der Waals surface area contributed by atoms with Crippen LogP contribution in [0.2, 0.25) is 0 Å². The van der Waals surface area contributed by atoms with E-state index in [2.05, 4.69) is 29.7 Å². The first-order chi connectivity index (χ1) is 19.7. The summed E-state index contributed by atoms with van der Waals surface area (Å²) in [5.41, 5.74) is 6.93. The molecule has 1 atom stereocenters. The Bertz CT molecular complexity index is 1450. The Labute approximate surface area is 238 Å². The van der Waals surface area contributed by atoms with E-state index in [-0.39, 0.29) is 23.0 Å². The number of anilines is 2. The topological polar surface area (TPSA) is 175 Å². The predicted molar refractivity (Wildman–Crippen MR) is 150 cm³/mol. The van der Waals surface area contributed by atoms with Crippen LogP contribution in [0.5, 0.6) is 11.5 Å². The minimum Gasteiger partial charge on any atom is -0.497 e. The van der Waals surface area contributed by atoms with E-state index in [1.165, 1.54) is 38.5 Å². The molecule has 2 heterocycles. The molecule has 0 saturated carbocycles. The van der Waals surface area contributed by atoms with E-state index in [4.69, 9.17) is 15.2 Å². The van der Waals surface area contributed by atoms with Crippen molar-refractivity contribution in [2.75, 3.05) is 44.1 Å². The molecule has 1 aliphatic heterocycles. The first-order valence-corrected chi connectivity index (χ1v) is 14.2. The number of benzene rings is 2. The number of amides is 1. The molecule has 1 aliphatic rings. The number of carbonyl (C=O) groups is 2. The van der Waals surface area contributed by atoms with Crippen LogP contribution in [0.25, 0.3) is 0 Å². The Morgan fingerprint density at radius 1 is 1.05 bits per heavy atom. The average Bonchev–Trinajstić information content (AvgIpc) is 3.00. The Hall–Kier alpha value is -4.43. The quantitative estimate of drug-likeness (QED) is 0.278. The third-order valence-electron chi connectivity index (χ3n) is 6.50. The Kier molecular flexibility index (Phi) is 9.57. The molecule has 4 N–H and O–H groups in total. The highest BCUT2D eigenvalue weighted by atomic mass is 32.2. The normalized spacial score (nSPS) is 14.6. The van der Waals surface area contributed by atoms with Gasteiger partial charge >= 0.3 is 16.1 Å². The summed E-state index contributed by atoms with van der Waals surface area (Å²) in [5.74, 6) is -0.154. The number of carbonyl (C=O) groups excluding carboxylic acids is 2. The molecule has 1 fully saturated rings. The Morgan fingerprint density at radius 2 is 1.73 bits per heavy atom. The number of nitrogens with two attached hydrogens (primary N) is 1. The number of rotatable bonds is 11. The summed E-state index contributed by atoms with van der Waals surface area (Å²) in [5, 5.41) is 5.88. The molecular weight excluding hydrogens is 552 g/mol. The molecule has 13 nitrogen and oxygen atoms in total. The summed E-state index contributed by atoms with van der Waals surface area (Å²) in [6.07, 6.45) is 5.12. The van der Waals surface area contributed by atoms with E-state index < -0.39 is 28.0 Å². The number of nitrogens with one attached hydrogen (secondary N) is 2. The van der Waals surface area contributed by atoms with Gasteiger partial charge in [-0.2, -0.15) is 8.42 Å². The highest BCUT2D eigenvalue weighted by Crippen LogP contribution is 2.32. The summed E-state index contributed by atoms with van der Waals surface area (Å²) in [6.45, 7) is 1.19. The molecule has 1 aromatic heterocycles. The Balaban J connectivity index is 1.30. The van der Waals surface area contributed by atoms with Crippen LogP contribution >= 0.6 is 0 Å². The second-order valence-electron chi connectivity index (χ2n) is 9.21. The fourth-order valence-electron chi connectivity index (χ4n) is 4.25. The third kappa shape index (κ3) is 7.61. The lowest BCUT2D eigenvalue weighted by atomic mass is 10.0. The van der Waals surface area contributed by atoms with Crippen molar-refractivity contribution in [1.29, 1.82) is 0 Å². The highest BCUT2D eigenvalue weighted by Gasteiger charge is 2.26. The van der Waals surface area contributed by atoms with E-state index in [0.29, 0.717) is 17.4 Å². The van der Waals surface area contributed by atoms with Crippen LogP contribution in [-0.4, -0.2) is 76.2 Å². The van der Waals surface area contributed by atoms with Crippen LogP contribution in [0, 0.1) is 0 Å². The summed E-state index contributed by atoms with van der Waals surface area (Å²) in [4.78, 5) is 35.5. The van der Waals surface area contributed by atoms with Crippen LogP contribution in [0.1, 0.15) is 23.2 Å². The van der Waals surface area contributed by atoms with Gasteiger partial charge in [0.2, 0.25) is 5.95 Å². The second-order valence-corrected chi connectivity index (χ2v) is 10.8. The largest absolute Gasteiger partial charge is 0.497 e. The minimum absolute atomic E-state index is 0.235. The number of methoxy groups -OCH3 is 2. The smallest absolute Gasteiger partial charge is 0.341 e. The maximum atomic E-state index is 12.8. The van der Waals surface area contributed by atoms with E-state index >= 15 is 0 Å². The van der Waals surface area contributed by atoms with E-state index in [9.17, 15) is 18.0 Å². The molecule has 218 valence electrons. The molecule has 1 amide bonds. The SMILES string of the molecule is COc1ccc(S(=O)(=O)OC(=O)[C@@H](N)CNC(=O)c2ccc(N3CCC(Nc4ncccn4)CC3)c(OC)c2)cc1. The minimum atomic E-state index is -4.39. The van der Waals surface area contributed by atoms with Crippen LogP contribution < -0.4 is 30.7 Å². The average molecular weight is 585 g/mol. The fourth-order valence-corrected chi connectivity index (χ4v) is 5.16. The van der Waals surface area contributed by atoms with Crippen molar-refractivity contribution in [1.82, 2.24) is 15.3 Å². The zero-order valence-electron chi connectivity index (χ0n) is 22.6. The zero-order chi connectivity index (χ0) is 29.4. The number of nitrogens with zero attached hydrogens (tertiary/aromatic N) is 3. The van der Waals surface area contributed by atoms with Crippen molar-refractivity contribution in [3.05, 3.63) is 66.5 Å². The molecule has 14 heteroatoms. The maximum Gasteiger partial charge on any atom is 0.341 e. The number of aromatic nitrogens is 2. The van der Waals surface area contributed by atoms with E-state index in [0.717, 1.165) is 31.6 Å². The van der Waals surface area contributed by atoms with Crippen LogP contribution in [0.4, 0.5) is 11.6 Å². The molecule has 1 saturated heterocycles. The van der Waals surface area contributed by atoms with Gasteiger partial charge in [-0.3, -0.25) is 4.79 Å². The number of hydrogen-bond donors (Lipinski definition) is 3. The first kappa shape index (κ1) is 29.6. The van der Waals surface area contributed by atoms with Crippen molar-refractivity contribution in [2.45, 2.75) is 29.8 Å². The lowest BCUT2D eigenvalue weighted by molar-refractivity contribution is -0.135. The number of ether oxygens (including phenoxy) is 2. The molecule has 41 heavy (non-hydrogen) atoms.